The molecule has 0 aliphatic carbocycles. The van der Waals surface area contributed by atoms with Crippen molar-refractivity contribution in [3.63, 3.8) is 0 Å². The summed E-state index contributed by atoms with van der Waals surface area (Å²) in [7, 11) is 0. The van der Waals surface area contributed by atoms with E-state index in [4.69, 9.17) is 9.47 Å². The Kier molecular flexibility index (Phi) is 35.8. The fourth-order valence-electron chi connectivity index (χ4n) is 6.62. The van der Waals surface area contributed by atoms with Gasteiger partial charge in [0.25, 0.3) is 0 Å². The second kappa shape index (κ2) is 36.9. The third-order valence-corrected chi connectivity index (χ3v) is 9.98. The molecule has 0 aromatic rings. The summed E-state index contributed by atoms with van der Waals surface area (Å²) >= 11 is 0. The lowest BCUT2D eigenvalue weighted by Crippen LogP contribution is -2.18. The lowest BCUT2D eigenvalue weighted by atomic mass is 9.95. The molecule has 0 aliphatic rings. The van der Waals surface area contributed by atoms with E-state index in [1.54, 1.807) is 0 Å². The molecule has 0 aromatic carbocycles. The standard InChI is InChI=1S/C43H82O5/c1-5-9-13-25-33-39(31-11-7-3)42(45)47-37-29-23-19-15-17-21-27-35-41(44)36-28-22-18-16-20-24-30-38-48-43(46)40(32-12-8-4)34-26-14-10-6-2/h39-40H,5-38H2,1-4H3. The summed E-state index contributed by atoms with van der Waals surface area (Å²) in [4.78, 5) is 37.4. The molecule has 5 nitrogen and oxygen atoms in total. The van der Waals surface area contributed by atoms with Crippen LogP contribution in [-0.2, 0) is 23.9 Å². The average Bonchev–Trinajstić information content (AvgIpc) is 3.09. The van der Waals surface area contributed by atoms with Crippen molar-refractivity contribution in [2.24, 2.45) is 11.8 Å². The molecule has 284 valence electrons. The van der Waals surface area contributed by atoms with Gasteiger partial charge in [0.2, 0.25) is 0 Å². The Labute approximate surface area is 299 Å². The summed E-state index contributed by atoms with van der Waals surface area (Å²) in [5.41, 5.74) is 0. The molecule has 0 N–H and O–H groups in total. The molecule has 0 radical (unpaired) electrons. The molecule has 48 heavy (non-hydrogen) atoms. The summed E-state index contributed by atoms with van der Waals surface area (Å²) in [6.07, 6.45) is 35.3. The molecule has 2 unspecified atom stereocenters. The Morgan fingerprint density at radius 1 is 0.354 bits per heavy atom. The molecule has 0 saturated carbocycles. The van der Waals surface area contributed by atoms with Gasteiger partial charge in [-0.15, -0.1) is 0 Å². The highest BCUT2D eigenvalue weighted by atomic mass is 16.5. The van der Waals surface area contributed by atoms with Crippen LogP contribution in [0, 0.1) is 11.8 Å². The minimum atomic E-state index is 0.0371. The Morgan fingerprint density at radius 2 is 0.646 bits per heavy atom. The van der Waals surface area contributed by atoms with Crippen LogP contribution in [0.3, 0.4) is 0 Å². The molecular weight excluding hydrogens is 596 g/mol. The fourth-order valence-corrected chi connectivity index (χ4v) is 6.62. The summed E-state index contributed by atoms with van der Waals surface area (Å²) in [6, 6.07) is 0. The second-order valence-electron chi connectivity index (χ2n) is 14.7. The number of Topliss-reactive ketones (excluding diaryl/α,β-unsaturated/α-hetero) is 1. The molecule has 0 saturated heterocycles. The Bertz CT molecular complexity index is 662. The van der Waals surface area contributed by atoms with Crippen LogP contribution < -0.4 is 0 Å². The smallest absolute Gasteiger partial charge is 0.308 e. The van der Waals surface area contributed by atoms with Gasteiger partial charge >= 0.3 is 11.9 Å². The summed E-state index contributed by atoms with van der Waals surface area (Å²) in [6.45, 7) is 9.96. The van der Waals surface area contributed by atoms with Crippen molar-refractivity contribution in [1.29, 1.82) is 0 Å². The number of ketones is 1. The van der Waals surface area contributed by atoms with Crippen LogP contribution in [0.15, 0.2) is 0 Å². The number of carbonyl (C=O) groups is 3. The number of carbonyl (C=O) groups excluding carboxylic acids is 3. The number of hydrogen-bond donors (Lipinski definition) is 0. The van der Waals surface area contributed by atoms with Crippen LogP contribution in [0.4, 0.5) is 0 Å². The quantitative estimate of drug-likeness (QED) is 0.0480. The normalized spacial score (nSPS) is 12.6. The molecule has 0 aliphatic heterocycles. The van der Waals surface area contributed by atoms with E-state index in [1.165, 1.54) is 77.0 Å². The molecule has 0 bridgehead atoms. The van der Waals surface area contributed by atoms with E-state index in [9.17, 15) is 14.4 Å². The van der Waals surface area contributed by atoms with Crippen molar-refractivity contribution in [3.8, 4) is 0 Å². The number of ether oxygens (including phenoxy) is 2. The van der Waals surface area contributed by atoms with E-state index < -0.39 is 0 Å². The highest BCUT2D eigenvalue weighted by Gasteiger charge is 2.20. The maximum absolute atomic E-state index is 12.6. The SMILES string of the molecule is CCCCCCC(CCCC)C(=O)OCCCCCCCCCC(=O)CCCCCCCCCOC(=O)C(CCCC)CCCCCC. The molecule has 2 atom stereocenters. The topological polar surface area (TPSA) is 69.7 Å². The van der Waals surface area contributed by atoms with Crippen molar-refractivity contribution in [3.05, 3.63) is 0 Å². The highest BCUT2D eigenvalue weighted by molar-refractivity contribution is 5.78. The Balaban J connectivity index is 3.64. The van der Waals surface area contributed by atoms with E-state index in [0.29, 0.717) is 19.0 Å². The highest BCUT2D eigenvalue weighted by Crippen LogP contribution is 2.21. The number of rotatable bonds is 38. The first-order valence-electron chi connectivity index (χ1n) is 21.3. The maximum atomic E-state index is 12.6. The van der Waals surface area contributed by atoms with Crippen LogP contribution in [0.2, 0.25) is 0 Å². The zero-order valence-corrected chi connectivity index (χ0v) is 32.7. The second-order valence-corrected chi connectivity index (χ2v) is 14.7. The van der Waals surface area contributed by atoms with E-state index in [2.05, 4.69) is 27.7 Å². The molecule has 0 fully saturated rings. The Morgan fingerprint density at radius 3 is 1.00 bits per heavy atom. The molecule has 0 aromatic heterocycles. The zero-order chi connectivity index (χ0) is 35.3. The summed E-state index contributed by atoms with van der Waals surface area (Å²) in [5, 5.41) is 0. The number of hydrogen-bond acceptors (Lipinski definition) is 5. The van der Waals surface area contributed by atoms with E-state index in [0.717, 1.165) is 128 Å². The van der Waals surface area contributed by atoms with E-state index >= 15 is 0 Å². The van der Waals surface area contributed by atoms with Crippen LogP contribution in [0.25, 0.3) is 0 Å². The number of unbranched alkanes of at least 4 members (excludes halogenated alkanes) is 20. The first-order chi connectivity index (χ1) is 23.5. The van der Waals surface area contributed by atoms with Gasteiger partial charge in [-0.05, 0) is 51.4 Å². The summed E-state index contributed by atoms with van der Waals surface area (Å²) < 4.78 is 11.3. The van der Waals surface area contributed by atoms with Crippen molar-refractivity contribution >= 4 is 17.7 Å². The minimum absolute atomic E-state index is 0.0371. The van der Waals surface area contributed by atoms with E-state index in [-0.39, 0.29) is 23.8 Å². The van der Waals surface area contributed by atoms with Crippen molar-refractivity contribution in [1.82, 2.24) is 0 Å². The molecule has 0 heterocycles. The van der Waals surface area contributed by atoms with Crippen LogP contribution in [0.1, 0.15) is 233 Å². The van der Waals surface area contributed by atoms with Crippen LogP contribution in [-0.4, -0.2) is 30.9 Å². The van der Waals surface area contributed by atoms with Crippen molar-refractivity contribution < 1.29 is 23.9 Å². The van der Waals surface area contributed by atoms with Crippen molar-refractivity contribution in [2.45, 2.75) is 233 Å². The van der Waals surface area contributed by atoms with Gasteiger partial charge in [-0.1, -0.05) is 169 Å². The average molecular weight is 679 g/mol. The number of esters is 2. The molecule has 0 amide bonds. The molecular formula is C43H82O5. The van der Waals surface area contributed by atoms with Crippen molar-refractivity contribution in [2.75, 3.05) is 13.2 Å². The van der Waals surface area contributed by atoms with Crippen LogP contribution >= 0.6 is 0 Å². The molecule has 0 spiro atoms. The third kappa shape index (κ3) is 30.7. The van der Waals surface area contributed by atoms with Gasteiger partial charge in [0.1, 0.15) is 5.78 Å². The van der Waals surface area contributed by atoms with Gasteiger partial charge in [-0.3, -0.25) is 14.4 Å². The van der Waals surface area contributed by atoms with E-state index in [1.807, 2.05) is 0 Å². The minimum Gasteiger partial charge on any atom is -0.465 e. The maximum Gasteiger partial charge on any atom is 0.308 e. The van der Waals surface area contributed by atoms with Crippen LogP contribution in [0.5, 0.6) is 0 Å². The lowest BCUT2D eigenvalue weighted by molar-refractivity contribution is -0.150. The van der Waals surface area contributed by atoms with Gasteiger partial charge in [0, 0.05) is 12.8 Å². The lowest BCUT2D eigenvalue weighted by Gasteiger charge is -2.15. The zero-order valence-electron chi connectivity index (χ0n) is 32.7. The largest absolute Gasteiger partial charge is 0.465 e. The third-order valence-electron chi connectivity index (χ3n) is 9.98. The summed E-state index contributed by atoms with van der Waals surface area (Å²) in [5.74, 6) is 0.708. The van der Waals surface area contributed by atoms with Gasteiger partial charge in [-0.25, -0.2) is 0 Å². The monoisotopic (exact) mass is 679 g/mol. The molecule has 0 rings (SSSR count). The molecule has 5 heteroatoms. The first-order valence-corrected chi connectivity index (χ1v) is 21.3. The Hall–Kier alpha value is -1.39. The van der Waals surface area contributed by atoms with Gasteiger partial charge in [0.05, 0.1) is 25.0 Å². The predicted octanol–water partition coefficient (Wildman–Crippen LogP) is 13.4. The van der Waals surface area contributed by atoms with Gasteiger partial charge < -0.3 is 9.47 Å². The first kappa shape index (κ1) is 46.6. The predicted molar refractivity (Wildman–Crippen MR) is 204 cm³/mol. The fraction of sp³-hybridized carbons (Fsp3) is 0.930. The van der Waals surface area contributed by atoms with Gasteiger partial charge in [0.15, 0.2) is 0 Å². The van der Waals surface area contributed by atoms with Gasteiger partial charge in [-0.2, -0.15) is 0 Å².